The van der Waals surface area contributed by atoms with Crippen LogP contribution >= 0.6 is 11.6 Å². The lowest BCUT2D eigenvalue weighted by Gasteiger charge is -2.29. The highest BCUT2D eigenvalue weighted by Gasteiger charge is 2.40. The molecule has 210 valence electrons. The predicted molar refractivity (Wildman–Crippen MR) is 144 cm³/mol. The molecule has 0 saturated carbocycles. The SMILES string of the molecule is COC(=O)[C@@H](NC(=O)c1cnc(C(F)(F)F)nc1N1C[C@@H](c2ccccc2)C(c2ccc(Cl)cc2)=N1)C(C)(C)C. The first-order valence-electron chi connectivity index (χ1n) is 12.3. The number of esters is 1. The van der Waals surface area contributed by atoms with Gasteiger partial charge >= 0.3 is 12.1 Å². The maximum Gasteiger partial charge on any atom is 0.451 e. The van der Waals surface area contributed by atoms with Crippen molar-refractivity contribution in [1.82, 2.24) is 15.3 Å². The van der Waals surface area contributed by atoms with Crippen molar-refractivity contribution in [3.63, 3.8) is 0 Å². The van der Waals surface area contributed by atoms with Crippen molar-refractivity contribution in [2.45, 2.75) is 38.9 Å². The second kappa shape index (κ2) is 11.2. The zero-order chi connectivity index (χ0) is 29.2. The van der Waals surface area contributed by atoms with E-state index in [1.165, 1.54) is 12.1 Å². The van der Waals surface area contributed by atoms with Crippen LogP contribution in [0.5, 0.6) is 0 Å². The number of aromatic nitrogens is 2. The smallest absolute Gasteiger partial charge is 0.451 e. The summed E-state index contributed by atoms with van der Waals surface area (Å²) in [5, 5.41) is 8.99. The Kier molecular flexibility index (Phi) is 8.15. The Labute approximate surface area is 234 Å². The molecule has 0 unspecified atom stereocenters. The number of amides is 1. The summed E-state index contributed by atoms with van der Waals surface area (Å²) >= 11 is 6.07. The van der Waals surface area contributed by atoms with E-state index in [9.17, 15) is 22.8 Å². The molecule has 2 aromatic carbocycles. The van der Waals surface area contributed by atoms with Gasteiger partial charge in [0.2, 0.25) is 5.82 Å². The van der Waals surface area contributed by atoms with Crippen LogP contribution in [0, 0.1) is 5.41 Å². The molecule has 1 N–H and O–H groups in total. The third-order valence-corrected chi connectivity index (χ3v) is 6.60. The van der Waals surface area contributed by atoms with Gasteiger partial charge in [-0.15, -0.1) is 0 Å². The van der Waals surface area contributed by atoms with Crippen LogP contribution in [0.15, 0.2) is 65.9 Å². The molecule has 2 heterocycles. The number of nitrogens with zero attached hydrogens (tertiary/aromatic N) is 4. The summed E-state index contributed by atoms with van der Waals surface area (Å²) < 4.78 is 45.8. The molecule has 4 rings (SSSR count). The number of ether oxygens (including phenoxy) is 1. The molecule has 0 bridgehead atoms. The molecule has 40 heavy (non-hydrogen) atoms. The molecular weight excluding hydrogens is 547 g/mol. The normalized spacial score (nSPS) is 16.4. The van der Waals surface area contributed by atoms with Crippen molar-refractivity contribution in [3.8, 4) is 0 Å². The number of anilines is 1. The van der Waals surface area contributed by atoms with E-state index in [0.717, 1.165) is 11.8 Å². The van der Waals surface area contributed by atoms with Crippen LogP contribution in [-0.2, 0) is 15.7 Å². The third kappa shape index (κ3) is 6.25. The zero-order valence-electron chi connectivity index (χ0n) is 22.2. The fraction of sp³-hybridized carbons (Fsp3) is 0.321. The standard InChI is InChI=1S/C28H27ClF3N5O3/c1-27(2,3)22(25(39)40-4)34-24(38)19-14-33-26(28(30,31)32)35-23(19)37-15-20(16-8-6-5-7-9-16)21(36-37)17-10-12-18(29)13-11-17/h5-14,20,22H,15H2,1-4H3,(H,34,38)/t20-,22+/m0/s1. The summed E-state index contributed by atoms with van der Waals surface area (Å²) in [7, 11) is 1.18. The van der Waals surface area contributed by atoms with Gasteiger partial charge in [-0.1, -0.05) is 74.8 Å². The summed E-state index contributed by atoms with van der Waals surface area (Å²) in [6, 6.07) is 15.1. The third-order valence-electron chi connectivity index (χ3n) is 6.35. The summed E-state index contributed by atoms with van der Waals surface area (Å²) in [5.41, 5.74) is 1.09. The first kappa shape index (κ1) is 29.0. The number of methoxy groups -OCH3 is 1. The minimum absolute atomic E-state index is 0.0935. The maximum atomic E-state index is 13.7. The van der Waals surface area contributed by atoms with E-state index in [-0.39, 0.29) is 23.8 Å². The number of alkyl halides is 3. The van der Waals surface area contributed by atoms with Crippen molar-refractivity contribution < 1.29 is 27.5 Å². The highest BCUT2D eigenvalue weighted by Crippen LogP contribution is 2.35. The van der Waals surface area contributed by atoms with Gasteiger partial charge in [0.15, 0.2) is 5.82 Å². The first-order chi connectivity index (χ1) is 18.8. The van der Waals surface area contributed by atoms with Gasteiger partial charge in [0.25, 0.3) is 5.91 Å². The van der Waals surface area contributed by atoms with Crippen molar-refractivity contribution in [2.75, 3.05) is 18.7 Å². The number of hydrazone groups is 1. The average Bonchev–Trinajstić information content (AvgIpc) is 3.36. The number of nitrogens with one attached hydrogen (secondary N) is 1. The van der Waals surface area contributed by atoms with Gasteiger partial charge in [0.05, 0.1) is 19.4 Å². The summed E-state index contributed by atoms with van der Waals surface area (Å²) in [6.07, 6.45) is -4.07. The molecule has 3 aromatic rings. The number of hydrogen-bond acceptors (Lipinski definition) is 7. The van der Waals surface area contributed by atoms with Crippen LogP contribution in [0.25, 0.3) is 0 Å². The molecule has 0 fully saturated rings. The Morgan fingerprint density at radius 1 is 1.07 bits per heavy atom. The van der Waals surface area contributed by atoms with Crippen LogP contribution in [0.3, 0.4) is 0 Å². The molecule has 2 atom stereocenters. The van der Waals surface area contributed by atoms with E-state index in [0.29, 0.717) is 16.3 Å². The first-order valence-corrected chi connectivity index (χ1v) is 12.7. The second-order valence-corrected chi connectivity index (χ2v) is 10.7. The van der Waals surface area contributed by atoms with Gasteiger partial charge in [-0.25, -0.2) is 19.8 Å². The van der Waals surface area contributed by atoms with Crippen LogP contribution in [0.2, 0.25) is 5.02 Å². The van der Waals surface area contributed by atoms with E-state index in [4.69, 9.17) is 16.3 Å². The summed E-state index contributed by atoms with van der Waals surface area (Å²) in [4.78, 5) is 33.0. The quantitative estimate of drug-likeness (QED) is 0.393. The van der Waals surface area contributed by atoms with Crippen LogP contribution in [-0.4, -0.2) is 47.3 Å². The molecule has 0 radical (unpaired) electrons. The minimum atomic E-state index is -4.87. The van der Waals surface area contributed by atoms with Crippen LogP contribution in [0.4, 0.5) is 19.0 Å². The second-order valence-electron chi connectivity index (χ2n) is 10.3. The van der Waals surface area contributed by atoms with Gasteiger partial charge in [0, 0.05) is 17.1 Å². The molecule has 1 aliphatic heterocycles. The lowest BCUT2D eigenvalue weighted by molar-refractivity contribution is -0.146. The van der Waals surface area contributed by atoms with Gasteiger partial charge < -0.3 is 10.1 Å². The monoisotopic (exact) mass is 573 g/mol. The highest BCUT2D eigenvalue weighted by atomic mass is 35.5. The molecular formula is C28H27ClF3N5O3. The van der Waals surface area contributed by atoms with Crippen molar-refractivity contribution in [3.05, 3.63) is 88.3 Å². The lowest BCUT2D eigenvalue weighted by Crippen LogP contribution is -2.50. The Morgan fingerprint density at radius 2 is 1.73 bits per heavy atom. The van der Waals surface area contributed by atoms with E-state index >= 15 is 0 Å². The van der Waals surface area contributed by atoms with E-state index in [2.05, 4.69) is 20.4 Å². The lowest BCUT2D eigenvalue weighted by atomic mass is 9.86. The Balaban J connectivity index is 1.82. The van der Waals surface area contributed by atoms with Crippen molar-refractivity contribution in [1.29, 1.82) is 0 Å². The average molecular weight is 574 g/mol. The fourth-order valence-corrected chi connectivity index (χ4v) is 4.41. The van der Waals surface area contributed by atoms with E-state index < -0.39 is 35.3 Å². The van der Waals surface area contributed by atoms with Crippen molar-refractivity contribution in [2.24, 2.45) is 10.5 Å². The van der Waals surface area contributed by atoms with Crippen LogP contribution < -0.4 is 10.3 Å². The Hall–Kier alpha value is -3.99. The van der Waals surface area contributed by atoms with Crippen LogP contribution in [0.1, 0.15) is 54.0 Å². The minimum Gasteiger partial charge on any atom is -0.467 e. The van der Waals surface area contributed by atoms with Gasteiger partial charge in [-0.05, 0) is 28.7 Å². The predicted octanol–water partition coefficient (Wildman–Crippen LogP) is 5.47. The molecule has 0 spiro atoms. The highest BCUT2D eigenvalue weighted by molar-refractivity contribution is 6.30. The largest absolute Gasteiger partial charge is 0.467 e. The number of rotatable bonds is 6. The summed E-state index contributed by atoms with van der Waals surface area (Å²) in [6.45, 7) is 5.24. The van der Waals surface area contributed by atoms with E-state index in [1.807, 2.05) is 30.3 Å². The van der Waals surface area contributed by atoms with Crippen molar-refractivity contribution >= 4 is 35.0 Å². The summed E-state index contributed by atoms with van der Waals surface area (Å²) in [5.74, 6) is -3.68. The molecule has 0 aliphatic carbocycles. The molecule has 0 saturated heterocycles. The van der Waals surface area contributed by atoms with Gasteiger partial charge in [0.1, 0.15) is 11.6 Å². The molecule has 8 nitrogen and oxygen atoms in total. The maximum absolute atomic E-state index is 13.7. The number of carbonyl (C=O) groups is 2. The number of benzene rings is 2. The number of carbonyl (C=O) groups excluding carboxylic acids is 2. The zero-order valence-corrected chi connectivity index (χ0v) is 22.9. The number of halogens is 4. The Bertz CT molecular complexity index is 1420. The van der Waals surface area contributed by atoms with Gasteiger partial charge in [-0.3, -0.25) is 4.79 Å². The fourth-order valence-electron chi connectivity index (χ4n) is 4.28. The van der Waals surface area contributed by atoms with Gasteiger partial charge in [-0.2, -0.15) is 18.3 Å². The molecule has 12 heteroatoms. The van der Waals surface area contributed by atoms with E-state index in [1.54, 1.807) is 45.0 Å². The topological polar surface area (TPSA) is 96.8 Å². The number of hydrogen-bond donors (Lipinski definition) is 1. The molecule has 1 amide bonds. The Morgan fingerprint density at radius 3 is 2.30 bits per heavy atom. The molecule has 1 aliphatic rings. The molecule has 1 aromatic heterocycles.